The van der Waals surface area contributed by atoms with Crippen LogP contribution in [-0.4, -0.2) is 0 Å². The molecule has 0 amide bonds. The Labute approximate surface area is 199 Å². The molecule has 0 aliphatic heterocycles. The lowest BCUT2D eigenvalue weighted by Gasteiger charge is -2.28. The number of hydrogen-bond donors (Lipinski definition) is 0. The zero-order valence-electron chi connectivity index (χ0n) is 19.7. The molecule has 1 aliphatic carbocycles. The minimum absolute atomic E-state index is 0.0578. The lowest BCUT2D eigenvalue weighted by molar-refractivity contribution is 0.312. The molecule has 3 aromatic rings. The molecule has 0 N–H and O–H groups in total. The monoisotopic (exact) mass is 466 g/mol. The standard InChI is InChI=1S/C30H30F4/c1-3-5-6-23-15-16-24(28(32)27(23)31)21-11-13-22(14-12-21)26-18-17-25(29(33)30(26)34)20-9-7-19(4-2)8-10-20/h3,5,11-20H,4,6-10H2,1-2H3/b5-3-. The third-order valence-electron chi connectivity index (χ3n) is 7.22. The second kappa shape index (κ2) is 10.6. The van der Waals surface area contributed by atoms with E-state index in [1.807, 2.05) is 6.92 Å². The van der Waals surface area contributed by atoms with E-state index < -0.39 is 23.3 Å². The van der Waals surface area contributed by atoms with Crippen LogP contribution in [0.2, 0.25) is 0 Å². The van der Waals surface area contributed by atoms with Gasteiger partial charge < -0.3 is 0 Å². The summed E-state index contributed by atoms with van der Waals surface area (Å²) < 4.78 is 59.2. The molecule has 0 spiro atoms. The summed E-state index contributed by atoms with van der Waals surface area (Å²) in [5.41, 5.74) is 2.02. The number of halogens is 4. The molecule has 0 bridgehead atoms. The van der Waals surface area contributed by atoms with Crippen molar-refractivity contribution >= 4 is 0 Å². The van der Waals surface area contributed by atoms with Crippen molar-refractivity contribution in [3.8, 4) is 22.3 Å². The Morgan fingerprint density at radius 1 is 0.706 bits per heavy atom. The molecule has 0 aromatic heterocycles. The van der Waals surface area contributed by atoms with Crippen LogP contribution in [0.4, 0.5) is 17.6 Å². The first-order valence-electron chi connectivity index (χ1n) is 12.1. The van der Waals surface area contributed by atoms with Crippen molar-refractivity contribution in [2.75, 3.05) is 0 Å². The van der Waals surface area contributed by atoms with Crippen molar-refractivity contribution in [2.45, 2.75) is 58.3 Å². The molecule has 3 aromatic carbocycles. The molecule has 4 heteroatoms. The summed E-state index contributed by atoms with van der Waals surface area (Å²) in [5.74, 6) is -2.66. The maximum atomic E-state index is 15.0. The Morgan fingerprint density at radius 2 is 1.26 bits per heavy atom. The molecule has 0 radical (unpaired) electrons. The van der Waals surface area contributed by atoms with E-state index in [0.29, 0.717) is 29.0 Å². The Balaban J connectivity index is 1.58. The van der Waals surface area contributed by atoms with E-state index in [0.717, 1.165) is 32.1 Å². The topological polar surface area (TPSA) is 0 Å². The van der Waals surface area contributed by atoms with Crippen molar-refractivity contribution in [2.24, 2.45) is 5.92 Å². The minimum atomic E-state index is -0.908. The van der Waals surface area contributed by atoms with Crippen LogP contribution in [0.3, 0.4) is 0 Å². The SMILES string of the molecule is C/C=C\Cc1ccc(-c2ccc(-c3ccc(C4CCC(CC)CC4)c(F)c3F)cc2)c(F)c1F. The summed E-state index contributed by atoms with van der Waals surface area (Å²) in [6.07, 6.45) is 8.89. The van der Waals surface area contributed by atoms with Gasteiger partial charge in [0, 0.05) is 11.1 Å². The van der Waals surface area contributed by atoms with E-state index in [1.165, 1.54) is 0 Å². The fourth-order valence-corrected chi connectivity index (χ4v) is 5.03. The summed E-state index contributed by atoms with van der Waals surface area (Å²) >= 11 is 0. The Hall–Kier alpha value is -2.88. The highest BCUT2D eigenvalue weighted by Crippen LogP contribution is 2.40. The van der Waals surface area contributed by atoms with E-state index in [1.54, 1.807) is 60.7 Å². The highest BCUT2D eigenvalue weighted by Gasteiger charge is 2.26. The lowest BCUT2D eigenvalue weighted by atomic mass is 9.77. The Morgan fingerprint density at radius 3 is 1.82 bits per heavy atom. The second-order valence-corrected chi connectivity index (χ2v) is 9.21. The number of allylic oxidation sites excluding steroid dienone is 2. The molecule has 4 rings (SSSR count). The lowest BCUT2D eigenvalue weighted by Crippen LogP contribution is -2.14. The van der Waals surface area contributed by atoms with E-state index in [2.05, 4.69) is 6.92 Å². The maximum absolute atomic E-state index is 15.0. The molecule has 1 aliphatic rings. The Kier molecular flexibility index (Phi) is 7.55. The van der Waals surface area contributed by atoms with Gasteiger partial charge in [-0.25, -0.2) is 17.6 Å². The predicted octanol–water partition coefficient (Wildman–Crippen LogP) is 9.38. The zero-order chi connectivity index (χ0) is 24.2. The van der Waals surface area contributed by atoms with Gasteiger partial charge in [0.15, 0.2) is 23.3 Å². The van der Waals surface area contributed by atoms with Crippen molar-refractivity contribution in [3.63, 3.8) is 0 Å². The van der Waals surface area contributed by atoms with Crippen molar-refractivity contribution in [1.29, 1.82) is 0 Å². The van der Waals surface area contributed by atoms with Crippen LogP contribution in [0.1, 0.15) is 63.0 Å². The number of rotatable bonds is 6. The van der Waals surface area contributed by atoms with Crippen molar-refractivity contribution in [3.05, 3.63) is 95.1 Å². The van der Waals surface area contributed by atoms with Gasteiger partial charge in [0.25, 0.3) is 0 Å². The van der Waals surface area contributed by atoms with Gasteiger partial charge in [-0.2, -0.15) is 0 Å². The first-order chi connectivity index (χ1) is 16.4. The molecule has 1 saturated carbocycles. The summed E-state index contributed by atoms with van der Waals surface area (Å²) in [5, 5.41) is 0. The average Bonchev–Trinajstić information content (AvgIpc) is 2.87. The van der Waals surface area contributed by atoms with Crippen LogP contribution in [0.15, 0.2) is 60.7 Å². The highest BCUT2D eigenvalue weighted by molar-refractivity contribution is 5.71. The van der Waals surface area contributed by atoms with Gasteiger partial charge in [-0.3, -0.25) is 0 Å². The third kappa shape index (κ3) is 4.82. The second-order valence-electron chi connectivity index (χ2n) is 9.21. The quantitative estimate of drug-likeness (QED) is 0.251. The molecular weight excluding hydrogens is 436 g/mol. The third-order valence-corrected chi connectivity index (χ3v) is 7.22. The van der Waals surface area contributed by atoms with Crippen LogP contribution >= 0.6 is 0 Å². The molecule has 0 nitrogen and oxygen atoms in total. The molecule has 178 valence electrons. The van der Waals surface area contributed by atoms with Crippen LogP contribution in [0.25, 0.3) is 22.3 Å². The first-order valence-corrected chi connectivity index (χ1v) is 12.1. The average molecular weight is 467 g/mol. The van der Waals surface area contributed by atoms with Crippen LogP contribution in [-0.2, 0) is 6.42 Å². The molecule has 0 heterocycles. The molecule has 34 heavy (non-hydrogen) atoms. The van der Waals surface area contributed by atoms with Gasteiger partial charge in [0.1, 0.15) is 0 Å². The van der Waals surface area contributed by atoms with Gasteiger partial charge in [-0.15, -0.1) is 0 Å². The Bertz CT molecular complexity index is 1170. The van der Waals surface area contributed by atoms with E-state index in [9.17, 15) is 8.78 Å². The van der Waals surface area contributed by atoms with E-state index in [-0.39, 0.29) is 22.6 Å². The largest absolute Gasteiger partial charge is 0.203 e. The summed E-state index contributed by atoms with van der Waals surface area (Å²) in [6, 6.07) is 12.9. The smallest absolute Gasteiger partial charge is 0.166 e. The van der Waals surface area contributed by atoms with Gasteiger partial charge in [0.05, 0.1) is 0 Å². The number of benzene rings is 3. The minimum Gasteiger partial charge on any atom is -0.203 e. The molecule has 0 saturated heterocycles. The molecular formula is C30H30F4. The van der Waals surface area contributed by atoms with Gasteiger partial charge in [0.2, 0.25) is 0 Å². The number of hydrogen-bond acceptors (Lipinski definition) is 0. The van der Waals surface area contributed by atoms with E-state index >= 15 is 8.78 Å². The van der Waals surface area contributed by atoms with E-state index in [4.69, 9.17) is 0 Å². The van der Waals surface area contributed by atoms with Crippen molar-refractivity contribution in [1.82, 2.24) is 0 Å². The summed E-state index contributed by atoms with van der Waals surface area (Å²) in [7, 11) is 0. The fourth-order valence-electron chi connectivity index (χ4n) is 5.03. The molecule has 0 atom stereocenters. The van der Waals surface area contributed by atoms with Crippen LogP contribution in [0.5, 0.6) is 0 Å². The molecule has 1 fully saturated rings. The zero-order valence-corrected chi connectivity index (χ0v) is 19.7. The predicted molar refractivity (Wildman–Crippen MR) is 131 cm³/mol. The summed E-state index contributed by atoms with van der Waals surface area (Å²) in [6.45, 7) is 4.00. The van der Waals surface area contributed by atoms with Crippen LogP contribution < -0.4 is 0 Å². The normalized spacial score (nSPS) is 18.5. The fraction of sp³-hybridized carbons (Fsp3) is 0.333. The van der Waals surface area contributed by atoms with Crippen molar-refractivity contribution < 1.29 is 17.6 Å². The highest BCUT2D eigenvalue weighted by atomic mass is 19.2. The first kappa shape index (κ1) is 24.3. The maximum Gasteiger partial charge on any atom is 0.166 e. The van der Waals surface area contributed by atoms with Gasteiger partial charge >= 0.3 is 0 Å². The van der Waals surface area contributed by atoms with Crippen LogP contribution in [0, 0.1) is 29.2 Å². The van der Waals surface area contributed by atoms with Gasteiger partial charge in [-0.05, 0) is 73.1 Å². The summed E-state index contributed by atoms with van der Waals surface area (Å²) in [4.78, 5) is 0. The van der Waals surface area contributed by atoms with Gasteiger partial charge in [-0.1, -0.05) is 74.0 Å². The molecule has 0 unspecified atom stereocenters.